The van der Waals surface area contributed by atoms with Gasteiger partial charge in [-0.25, -0.2) is 0 Å². The first-order valence-corrected chi connectivity index (χ1v) is 10.1. The highest BCUT2D eigenvalue weighted by Crippen LogP contribution is 2.22. The Morgan fingerprint density at radius 1 is 0.643 bits per heavy atom. The minimum atomic E-state index is 0.598. The number of hydrogen-bond donors (Lipinski definition) is 0. The van der Waals surface area contributed by atoms with E-state index in [4.69, 9.17) is 4.74 Å². The molecule has 0 aliphatic rings. The summed E-state index contributed by atoms with van der Waals surface area (Å²) in [5.74, 6) is 0.913. The molecule has 0 radical (unpaired) electrons. The van der Waals surface area contributed by atoms with E-state index in [9.17, 15) is 0 Å². The number of ether oxygens (including phenoxy) is 1. The zero-order chi connectivity index (χ0) is 19.2. The van der Waals surface area contributed by atoms with Crippen molar-refractivity contribution in [1.29, 1.82) is 0 Å². The second kappa shape index (κ2) is 8.75. The van der Waals surface area contributed by atoms with Gasteiger partial charge >= 0.3 is 0 Å². The van der Waals surface area contributed by atoms with E-state index in [0.717, 1.165) is 25.0 Å². The average molecular weight is 367 g/mol. The van der Waals surface area contributed by atoms with E-state index >= 15 is 0 Å². The predicted molar refractivity (Wildman–Crippen MR) is 118 cm³/mol. The molecule has 0 saturated carbocycles. The first kappa shape index (κ1) is 18.3. The molecule has 0 aromatic heterocycles. The third-order valence-corrected chi connectivity index (χ3v) is 5.15. The standard InChI is InChI=1S/C27H26O/c1-2-8-23-16-14-22(20-28-27-11-4-3-5-12-27)19-26(23)18-21-13-15-24-9-6-7-10-25(24)17-21/h3-7,9-17,19H,2,8,18,20H2,1H3. The number of benzene rings is 4. The highest BCUT2D eigenvalue weighted by Gasteiger charge is 2.07. The van der Waals surface area contributed by atoms with Crippen LogP contribution in [0.4, 0.5) is 0 Å². The third-order valence-electron chi connectivity index (χ3n) is 5.15. The lowest BCUT2D eigenvalue weighted by Crippen LogP contribution is -2.01. The van der Waals surface area contributed by atoms with Crippen LogP contribution in [0.15, 0.2) is 91.0 Å². The van der Waals surface area contributed by atoms with Crippen molar-refractivity contribution in [2.75, 3.05) is 0 Å². The molecule has 1 heteroatoms. The lowest BCUT2D eigenvalue weighted by molar-refractivity contribution is 0.306. The van der Waals surface area contributed by atoms with Gasteiger partial charge in [0.2, 0.25) is 0 Å². The van der Waals surface area contributed by atoms with Crippen LogP contribution in [0, 0.1) is 0 Å². The van der Waals surface area contributed by atoms with Crippen LogP contribution < -0.4 is 4.74 Å². The Bertz CT molecular complexity index is 1050. The number of para-hydroxylation sites is 1. The smallest absolute Gasteiger partial charge is 0.119 e. The number of aryl methyl sites for hydroxylation is 1. The third kappa shape index (κ3) is 4.43. The maximum atomic E-state index is 5.95. The molecular formula is C27H26O. The molecule has 4 rings (SSSR count). The Kier molecular flexibility index (Phi) is 5.72. The molecule has 0 aliphatic heterocycles. The maximum absolute atomic E-state index is 5.95. The van der Waals surface area contributed by atoms with Gasteiger partial charge in [0, 0.05) is 0 Å². The van der Waals surface area contributed by atoms with Crippen LogP contribution in [0.5, 0.6) is 5.75 Å². The minimum Gasteiger partial charge on any atom is -0.489 e. The molecule has 0 unspecified atom stereocenters. The average Bonchev–Trinajstić information content (AvgIpc) is 2.75. The Balaban J connectivity index is 1.57. The van der Waals surface area contributed by atoms with Gasteiger partial charge in [0.1, 0.15) is 12.4 Å². The van der Waals surface area contributed by atoms with Crippen molar-refractivity contribution in [1.82, 2.24) is 0 Å². The molecule has 4 aromatic carbocycles. The zero-order valence-electron chi connectivity index (χ0n) is 16.4. The van der Waals surface area contributed by atoms with Crippen LogP contribution in [0.25, 0.3) is 10.8 Å². The van der Waals surface area contributed by atoms with Crippen molar-refractivity contribution >= 4 is 10.8 Å². The summed E-state index contributed by atoms with van der Waals surface area (Å²) >= 11 is 0. The van der Waals surface area contributed by atoms with E-state index < -0.39 is 0 Å². The van der Waals surface area contributed by atoms with Gasteiger partial charge in [-0.1, -0.05) is 92.2 Å². The maximum Gasteiger partial charge on any atom is 0.119 e. The van der Waals surface area contributed by atoms with Crippen LogP contribution in [-0.4, -0.2) is 0 Å². The fraction of sp³-hybridized carbons (Fsp3) is 0.185. The summed E-state index contributed by atoms with van der Waals surface area (Å²) in [6, 6.07) is 32.2. The van der Waals surface area contributed by atoms with Crippen LogP contribution in [0.1, 0.15) is 35.6 Å². The first-order valence-electron chi connectivity index (χ1n) is 10.1. The number of hydrogen-bond acceptors (Lipinski definition) is 1. The van der Waals surface area contributed by atoms with Gasteiger partial charge in [-0.3, -0.25) is 0 Å². The fourth-order valence-corrected chi connectivity index (χ4v) is 3.70. The van der Waals surface area contributed by atoms with Gasteiger partial charge in [0.15, 0.2) is 0 Å². The van der Waals surface area contributed by atoms with Gasteiger partial charge < -0.3 is 4.74 Å². The highest BCUT2D eigenvalue weighted by atomic mass is 16.5. The molecule has 0 amide bonds. The molecular weight excluding hydrogens is 340 g/mol. The normalized spacial score (nSPS) is 10.9. The molecule has 140 valence electrons. The molecule has 0 saturated heterocycles. The summed E-state index contributed by atoms with van der Waals surface area (Å²) < 4.78 is 5.95. The van der Waals surface area contributed by atoms with Crippen molar-refractivity contribution < 1.29 is 4.74 Å². The van der Waals surface area contributed by atoms with Gasteiger partial charge in [-0.05, 0) is 58.0 Å². The summed E-state index contributed by atoms with van der Waals surface area (Å²) in [5.41, 5.74) is 5.43. The van der Waals surface area contributed by atoms with E-state index in [1.165, 1.54) is 33.0 Å². The Morgan fingerprint density at radius 3 is 2.21 bits per heavy atom. The lowest BCUT2D eigenvalue weighted by Gasteiger charge is -2.13. The second-order valence-corrected chi connectivity index (χ2v) is 7.31. The van der Waals surface area contributed by atoms with Crippen molar-refractivity contribution in [2.24, 2.45) is 0 Å². The first-order chi connectivity index (χ1) is 13.8. The van der Waals surface area contributed by atoms with E-state index in [1.807, 2.05) is 30.3 Å². The summed E-state index contributed by atoms with van der Waals surface area (Å²) in [5, 5.41) is 2.60. The molecule has 0 fully saturated rings. The lowest BCUT2D eigenvalue weighted by atomic mass is 9.94. The largest absolute Gasteiger partial charge is 0.489 e. The number of rotatable bonds is 7. The van der Waals surface area contributed by atoms with Crippen LogP contribution in [0.3, 0.4) is 0 Å². The van der Waals surface area contributed by atoms with Gasteiger partial charge in [0.05, 0.1) is 0 Å². The monoisotopic (exact) mass is 366 g/mol. The summed E-state index contributed by atoms with van der Waals surface area (Å²) in [4.78, 5) is 0. The van der Waals surface area contributed by atoms with Crippen LogP contribution in [-0.2, 0) is 19.4 Å². The fourth-order valence-electron chi connectivity index (χ4n) is 3.70. The molecule has 28 heavy (non-hydrogen) atoms. The second-order valence-electron chi connectivity index (χ2n) is 7.31. The van der Waals surface area contributed by atoms with E-state index in [-0.39, 0.29) is 0 Å². The molecule has 4 aromatic rings. The summed E-state index contributed by atoms with van der Waals surface area (Å²) in [7, 11) is 0. The minimum absolute atomic E-state index is 0.598. The zero-order valence-corrected chi connectivity index (χ0v) is 16.4. The van der Waals surface area contributed by atoms with Gasteiger partial charge in [0.25, 0.3) is 0 Å². The molecule has 0 aliphatic carbocycles. The predicted octanol–water partition coefficient (Wildman–Crippen LogP) is 6.96. The Morgan fingerprint density at radius 2 is 1.39 bits per heavy atom. The topological polar surface area (TPSA) is 9.23 Å². The molecule has 0 heterocycles. The molecule has 0 N–H and O–H groups in total. The van der Waals surface area contributed by atoms with Crippen molar-refractivity contribution in [3.63, 3.8) is 0 Å². The number of fused-ring (bicyclic) bond motifs is 1. The van der Waals surface area contributed by atoms with E-state index in [1.54, 1.807) is 0 Å². The molecule has 0 atom stereocenters. The van der Waals surface area contributed by atoms with Gasteiger partial charge in [-0.2, -0.15) is 0 Å². The Hall–Kier alpha value is -3.06. The summed E-state index contributed by atoms with van der Waals surface area (Å²) in [6.45, 7) is 2.84. The molecule has 0 spiro atoms. The van der Waals surface area contributed by atoms with Crippen LogP contribution in [0.2, 0.25) is 0 Å². The summed E-state index contributed by atoms with van der Waals surface area (Å²) in [6.07, 6.45) is 3.23. The van der Waals surface area contributed by atoms with Crippen molar-refractivity contribution in [3.05, 3.63) is 113 Å². The van der Waals surface area contributed by atoms with Gasteiger partial charge in [-0.15, -0.1) is 0 Å². The quantitative estimate of drug-likeness (QED) is 0.343. The van der Waals surface area contributed by atoms with Crippen molar-refractivity contribution in [2.45, 2.75) is 32.8 Å². The highest BCUT2D eigenvalue weighted by molar-refractivity contribution is 5.83. The van der Waals surface area contributed by atoms with Crippen LogP contribution >= 0.6 is 0 Å². The Labute approximate surface area is 167 Å². The van der Waals surface area contributed by atoms with E-state index in [0.29, 0.717) is 6.61 Å². The van der Waals surface area contributed by atoms with E-state index in [2.05, 4.69) is 67.6 Å². The molecule has 1 nitrogen and oxygen atoms in total. The van der Waals surface area contributed by atoms with Crippen molar-refractivity contribution in [3.8, 4) is 5.75 Å². The SMILES string of the molecule is CCCc1ccc(COc2ccccc2)cc1Cc1ccc2ccccc2c1. The molecule has 0 bridgehead atoms.